The number of fused-ring (bicyclic) bond motifs is 1. The van der Waals surface area contributed by atoms with E-state index in [-0.39, 0.29) is 5.91 Å². The molecular weight excluding hydrogens is 220 g/mol. The van der Waals surface area contributed by atoms with Gasteiger partial charge in [-0.3, -0.25) is 4.79 Å². The zero-order valence-electron chi connectivity index (χ0n) is 6.23. The Morgan fingerprint density at radius 2 is 2.25 bits per heavy atom. The molecule has 1 aromatic rings. The molecule has 1 heterocycles. The molecule has 0 bridgehead atoms. The zero-order valence-corrected chi connectivity index (χ0v) is 7.81. The predicted octanol–water partition coefficient (Wildman–Crippen LogP) is 1.53. The van der Waals surface area contributed by atoms with Crippen molar-refractivity contribution in [1.29, 1.82) is 0 Å². The number of anilines is 2. The zero-order chi connectivity index (χ0) is 8.72. The molecule has 1 aromatic carbocycles. The van der Waals surface area contributed by atoms with Crippen molar-refractivity contribution in [3.05, 3.63) is 22.2 Å². The Bertz CT molecular complexity index is 362. The summed E-state index contributed by atoms with van der Waals surface area (Å²) in [5.74, 6) is 0.00907. The van der Waals surface area contributed by atoms with Crippen molar-refractivity contribution in [3.63, 3.8) is 0 Å². The molecule has 4 heteroatoms. The number of hydrogen-bond acceptors (Lipinski definition) is 2. The first-order chi connectivity index (χ1) is 5.66. The molecule has 0 fully saturated rings. The second-order valence-corrected chi connectivity index (χ2v) is 3.67. The van der Waals surface area contributed by atoms with Gasteiger partial charge in [0.05, 0.1) is 17.8 Å². The Labute approximate surface area is 78.1 Å². The van der Waals surface area contributed by atoms with Crippen molar-refractivity contribution in [2.45, 2.75) is 6.42 Å². The van der Waals surface area contributed by atoms with Crippen LogP contribution in [0.25, 0.3) is 0 Å². The molecule has 1 aliphatic heterocycles. The van der Waals surface area contributed by atoms with E-state index in [0.717, 1.165) is 15.7 Å². The minimum Gasteiger partial charge on any atom is -0.397 e. The Hall–Kier alpha value is -1.03. The van der Waals surface area contributed by atoms with Gasteiger partial charge in [0.15, 0.2) is 0 Å². The van der Waals surface area contributed by atoms with Crippen molar-refractivity contribution < 1.29 is 4.79 Å². The van der Waals surface area contributed by atoms with Gasteiger partial charge in [-0.15, -0.1) is 0 Å². The number of benzene rings is 1. The Morgan fingerprint density at radius 1 is 1.50 bits per heavy atom. The van der Waals surface area contributed by atoms with Gasteiger partial charge in [-0.05, 0) is 17.7 Å². The van der Waals surface area contributed by atoms with E-state index in [1.54, 1.807) is 6.07 Å². The number of carbonyl (C=O) groups is 1. The lowest BCUT2D eigenvalue weighted by molar-refractivity contribution is -0.115. The van der Waals surface area contributed by atoms with Crippen LogP contribution in [0.5, 0.6) is 0 Å². The molecule has 3 N–H and O–H groups in total. The third kappa shape index (κ3) is 1.08. The maximum Gasteiger partial charge on any atom is 0.228 e. The second-order valence-electron chi connectivity index (χ2n) is 2.75. The standard InChI is InChI=1S/C8H7BrN2O/c9-5-1-4-2-7(12)11-8(4)6(10)3-5/h1,3H,2,10H2,(H,11,12). The topological polar surface area (TPSA) is 55.1 Å². The summed E-state index contributed by atoms with van der Waals surface area (Å²) >= 11 is 3.32. The average Bonchev–Trinajstić information content (AvgIpc) is 2.29. The number of nitrogens with one attached hydrogen (secondary N) is 1. The quantitative estimate of drug-likeness (QED) is 0.660. The van der Waals surface area contributed by atoms with Crippen LogP contribution in [0, 0.1) is 0 Å². The molecule has 0 saturated carbocycles. The number of amides is 1. The molecule has 0 radical (unpaired) electrons. The van der Waals surface area contributed by atoms with Gasteiger partial charge in [0, 0.05) is 4.47 Å². The number of halogens is 1. The molecule has 1 aliphatic rings. The van der Waals surface area contributed by atoms with Gasteiger partial charge in [-0.2, -0.15) is 0 Å². The first kappa shape index (κ1) is 7.61. The van der Waals surface area contributed by atoms with Gasteiger partial charge in [-0.25, -0.2) is 0 Å². The van der Waals surface area contributed by atoms with Crippen molar-refractivity contribution in [2.24, 2.45) is 0 Å². The lowest BCUT2D eigenvalue weighted by atomic mass is 10.1. The van der Waals surface area contributed by atoms with Crippen molar-refractivity contribution in [3.8, 4) is 0 Å². The molecular formula is C8H7BrN2O. The average molecular weight is 227 g/mol. The van der Waals surface area contributed by atoms with E-state index in [9.17, 15) is 4.79 Å². The fourth-order valence-corrected chi connectivity index (χ4v) is 1.86. The van der Waals surface area contributed by atoms with Crippen LogP contribution in [-0.4, -0.2) is 5.91 Å². The van der Waals surface area contributed by atoms with E-state index in [2.05, 4.69) is 21.2 Å². The predicted molar refractivity (Wildman–Crippen MR) is 50.9 cm³/mol. The first-order valence-corrected chi connectivity index (χ1v) is 4.34. The van der Waals surface area contributed by atoms with Crippen LogP contribution < -0.4 is 11.1 Å². The summed E-state index contributed by atoms with van der Waals surface area (Å²) in [5.41, 5.74) is 8.04. The van der Waals surface area contributed by atoms with Gasteiger partial charge in [0.2, 0.25) is 5.91 Å². The van der Waals surface area contributed by atoms with Crippen LogP contribution in [0.1, 0.15) is 5.56 Å². The Morgan fingerprint density at radius 3 is 3.00 bits per heavy atom. The van der Waals surface area contributed by atoms with E-state index >= 15 is 0 Å². The number of nitrogens with two attached hydrogens (primary N) is 1. The van der Waals surface area contributed by atoms with E-state index in [4.69, 9.17) is 5.73 Å². The molecule has 0 aliphatic carbocycles. The van der Waals surface area contributed by atoms with Gasteiger partial charge >= 0.3 is 0 Å². The molecule has 2 rings (SSSR count). The van der Waals surface area contributed by atoms with Gasteiger partial charge in [0.25, 0.3) is 0 Å². The molecule has 0 spiro atoms. The van der Waals surface area contributed by atoms with Crippen LogP contribution in [0.4, 0.5) is 11.4 Å². The maximum atomic E-state index is 11.0. The van der Waals surface area contributed by atoms with Crippen LogP contribution in [0.3, 0.4) is 0 Å². The molecule has 0 unspecified atom stereocenters. The van der Waals surface area contributed by atoms with Crippen molar-refractivity contribution >= 4 is 33.2 Å². The summed E-state index contributed by atoms with van der Waals surface area (Å²) in [6.45, 7) is 0. The summed E-state index contributed by atoms with van der Waals surface area (Å²) < 4.78 is 0.912. The lowest BCUT2D eigenvalue weighted by Gasteiger charge is -2.02. The fourth-order valence-electron chi connectivity index (χ4n) is 1.33. The highest BCUT2D eigenvalue weighted by Gasteiger charge is 2.19. The number of hydrogen-bond donors (Lipinski definition) is 2. The summed E-state index contributed by atoms with van der Waals surface area (Å²) in [7, 11) is 0. The number of nitrogen functional groups attached to an aromatic ring is 1. The highest BCUT2D eigenvalue weighted by Crippen LogP contribution is 2.32. The van der Waals surface area contributed by atoms with E-state index in [0.29, 0.717) is 12.1 Å². The van der Waals surface area contributed by atoms with Crippen LogP contribution >= 0.6 is 15.9 Å². The number of rotatable bonds is 0. The molecule has 0 saturated heterocycles. The van der Waals surface area contributed by atoms with Crippen LogP contribution in [-0.2, 0) is 11.2 Å². The van der Waals surface area contributed by atoms with Gasteiger partial charge in [0.1, 0.15) is 0 Å². The summed E-state index contributed by atoms with van der Waals surface area (Å²) in [4.78, 5) is 11.0. The SMILES string of the molecule is Nc1cc(Br)cc2c1NC(=O)C2. The smallest absolute Gasteiger partial charge is 0.228 e. The molecule has 12 heavy (non-hydrogen) atoms. The summed E-state index contributed by atoms with van der Waals surface area (Å²) in [6, 6.07) is 3.69. The van der Waals surface area contributed by atoms with E-state index in [1.807, 2.05) is 6.07 Å². The van der Waals surface area contributed by atoms with Crippen molar-refractivity contribution in [2.75, 3.05) is 11.1 Å². The molecule has 0 atom stereocenters. The van der Waals surface area contributed by atoms with Gasteiger partial charge < -0.3 is 11.1 Å². The van der Waals surface area contributed by atoms with E-state index in [1.165, 1.54) is 0 Å². The second kappa shape index (κ2) is 2.48. The largest absolute Gasteiger partial charge is 0.397 e. The normalized spacial score (nSPS) is 14.2. The van der Waals surface area contributed by atoms with Crippen LogP contribution in [0.15, 0.2) is 16.6 Å². The minimum absolute atomic E-state index is 0.00907. The number of carbonyl (C=O) groups excluding carboxylic acids is 1. The monoisotopic (exact) mass is 226 g/mol. The first-order valence-electron chi connectivity index (χ1n) is 3.54. The summed E-state index contributed by atoms with van der Waals surface area (Å²) in [5, 5.41) is 2.71. The molecule has 3 nitrogen and oxygen atoms in total. The molecule has 1 amide bonds. The lowest BCUT2D eigenvalue weighted by Crippen LogP contribution is -2.04. The molecule has 0 aromatic heterocycles. The third-order valence-corrected chi connectivity index (χ3v) is 2.29. The minimum atomic E-state index is 0.00907. The Kier molecular flexibility index (Phi) is 1.58. The third-order valence-electron chi connectivity index (χ3n) is 1.83. The highest BCUT2D eigenvalue weighted by molar-refractivity contribution is 9.10. The highest BCUT2D eigenvalue weighted by atomic mass is 79.9. The van der Waals surface area contributed by atoms with E-state index < -0.39 is 0 Å². The summed E-state index contributed by atoms with van der Waals surface area (Å²) in [6.07, 6.45) is 0.430. The Balaban J connectivity index is 2.59. The van der Waals surface area contributed by atoms with Crippen LogP contribution in [0.2, 0.25) is 0 Å². The molecule has 62 valence electrons. The van der Waals surface area contributed by atoms with Gasteiger partial charge in [-0.1, -0.05) is 15.9 Å². The maximum absolute atomic E-state index is 11.0. The fraction of sp³-hybridized carbons (Fsp3) is 0.125. The van der Waals surface area contributed by atoms with Crippen molar-refractivity contribution in [1.82, 2.24) is 0 Å².